The smallest absolute Gasteiger partial charge is 0.164 e. The first-order chi connectivity index (χ1) is 5.74. The Balaban J connectivity index is 2.89. The van der Waals surface area contributed by atoms with E-state index in [0.29, 0.717) is 5.69 Å². The van der Waals surface area contributed by atoms with Crippen LogP contribution in [0, 0.1) is 12.7 Å². The summed E-state index contributed by atoms with van der Waals surface area (Å²) in [6.45, 7) is 1.79. The van der Waals surface area contributed by atoms with Gasteiger partial charge in [-0.05, 0) is 13.0 Å². The molecule has 0 radical (unpaired) electrons. The molecular weight excluding hydrogens is 157 g/mol. The van der Waals surface area contributed by atoms with Crippen LogP contribution in [0.25, 0.3) is 0 Å². The Morgan fingerprint density at radius 3 is 3.08 bits per heavy atom. The van der Waals surface area contributed by atoms with Crippen molar-refractivity contribution >= 4 is 5.69 Å². The maximum atomic E-state index is 12.9. The molecule has 3 N–H and O–H groups in total. The molecule has 64 valence electrons. The summed E-state index contributed by atoms with van der Waals surface area (Å²) in [5.74, 6) is -0.390. The lowest BCUT2D eigenvalue weighted by Gasteiger charge is -2.02. The van der Waals surface area contributed by atoms with E-state index in [1.54, 1.807) is 13.0 Å². The van der Waals surface area contributed by atoms with Gasteiger partial charge >= 0.3 is 0 Å². The molecule has 4 heteroatoms. The van der Waals surface area contributed by atoms with Crippen molar-refractivity contribution in [1.82, 2.24) is 4.98 Å². The number of anilines is 1. The zero-order chi connectivity index (χ0) is 8.97. The summed E-state index contributed by atoms with van der Waals surface area (Å²) >= 11 is 0. The third-order valence-electron chi connectivity index (χ3n) is 1.33. The number of pyridine rings is 1. The van der Waals surface area contributed by atoms with Crippen LogP contribution in [0.5, 0.6) is 0 Å². The molecule has 0 aliphatic rings. The van der Waals surface area contributed by atoms with Crippen LogP contribution in [-0.2, 0) is 0 Å². The van der Waals surface area contributed by atoms with E-state index in [1.165, 1.54) is 18.6 Å². The van der Waals surface area contributed by atoms with Crippen molar-refractivity contribution < 1.29 is 4.39 Å². The zero-order valence-corrected chi connectivity index (χ0v) is 6.71. The second kappa shape index (κ2) is 3.71. The fourth-order valence-corrected chi connectivity index (χ4v) is 0.792. The topological polar surface area (TPSA) is 50.9 Å². The van der Waals surface area contributed by atoms with Crippen LogP contribution in [-0.4, -0.2) is 4.98 Å². The van der Waals surface area contributed by atoms with Gasteiger partial charge in [0.05, 0.1) is 11.9 Å². The summed E-state index contributed by atoms with van der Waals surface area (Å²) < 4.78 is 12.9. The molecule has 1 heterocycles. The Kier molecular flexibility index (Phi) is 2.63. The van der Waals surface area contributed by atoms with Gasteiger partial charge in [-0.1, -0.05) is 0 Å². The van der Waals surface area contributed by atoms with Gasteiger partial charge in [-0.25, -0.2) is 4.39 Å². The summed E-state index contributed by atoms with van der Waals surface area (Å²) in [7, 11) is 0. The standard InChI is InChI=1S/C8H10FN3/c1-6-4-8(11-3-2-10)7(9)5-12-6/h2-5H,10H2,1H3,(H,11,12)/b3-2+. The van der Waals surface area contributed by atoms with E-state index in [-0.39, 0.29) is 0 Å². The van der Waals surface area contributed by atoms with E-state index in [4.69, 9.17) is 5.73 Å². The third kappa shape index (κ3) is 1.95. The van der Waals surface area contributed by atoms with Crippen molar-refractivity contribution in [2.75, 3.05) is 5.32 Å². The van der Waals surface area contributed by atoms with Crippen molar-refractivity contribution in [1.29, 1.82) is 0 Å². The van der Waals surface area contributed by atoms with Gasteiger partial charge in [-0.15, -0.1) is 0 Å². The first-order valence-electron chi connectivity index (χ1n) is 3.49. The van der Waals surface area contributed by atoms with E-state index < -0.39 is 5.82 Å². The largest absolute Gasteiger partial charge is 0.403 e. The molecule has 0 saturated carbocycles. The van der Waals surface area contributed by atoms with Crippen molar-refractivity contribution in [3.8, 4) is 0 Å². The lowest BCUT2D eigenvalue weighted by atomic mass is 10.3. The van der Waals surface area contributed by atoms with Gasteiger partial charge in [0.2, 0.25) is 0 Å². The molecule has 0 amide bonds. The van der Waals surface area contributed by atoms with Gasteiger partial charge in [-0.3, -0.25) is 4.98 Å². The molecule has 1 rings (SSSR count). The first kappa shape index (κ1) is 8.52. The highest BCUT2D eigenvalue weighted by molar-refractivity contribution is 5.46. The molecule has 1 aromatic rings. The number of nitrogens with zero attached hydrogens (tertiary/aromatic N) is 1. The Morgan fingerprint density at radius 1 is 1.67 bits per heavy atom. The predicted molar refractivity (Wildman–Crippen MR) is 45.9 cm³/mol. The molecule has 3 nitrogen and oxygen atoms in total. The quantitative estimate of drug-likeness (QED) is 0.699. The number of nitrogens with one attached hydrogen (secondary N) is 1. The Morgan fingerprint density at radius 2 is 2.42 bits per heavy atom. The molecule has 0 spiro atoms. The monoisotopic (exact) mass is 167 g/mol. The minimum Gasteiger partial charge on any atom is -0.403 e. The average molecular weight is 167 g/mol. The Labute approximate surface area is 70.1 Å². The number of hydrogen-bond donors (Lipinski definition) is 2. The van der Waals surface area contributed by atoms with Gasteiger partial charge in [0, 0.05) is 18.1 Å². The molecule has 0 atom stereocenters. The van der Waals surface area contributed by atoms with E-state index in [0.717, 1.165) is 5.69 Å². The lowest BCUT2D eigenvalue weighted by Crippen LogP contribution is -1.95. The van der Waals surface area contributed by atoms with Crippen LogP contribution >= 0.6 is 0 Å². The first-order valence-corrected chi connectivity index (χ1v) is 3.49. The third-order valence-corrected chi connectivity index (χ3v) is 1.33. The van der Waals surface area contributed by atoms with Crippen molar-refractivity contribution in [2.45, 2.75) is 6.92 Å². The highest BCUT2D eigenvalue weighted by atomic mass is 19.1. The van der Waals surface area contributed by atoms with Gasteiger partial charge in [-0.2, -0.15) is 0 Å². The maximum Gasteiger partial charge on any atom is 0.164 e. The molecule has 0 bridgehead atoms. The normalized spacial score (nSPS) is 10.5. The van der Waals surface area contributed by atoms with E-state index in [9.17, 15) is 4.39 Å². The van der Waals surface area contributed by atoms with E-state index >= 15 is 0 Å². The van der Waals surface area contributed by atoms with Crippen LogP contribution in [0.1, 0.15) is 5.69 Å². The minimum atomic E-state index is -0.390. The van der Waals surface area contributed by atoms with Gasteiger partial charge in [0.15, 0.2) is 5.82 Å². The van der Waals surface area contributed by atoms with Crippen molar-refractivity contribution in [3.05, 3.63) is 36.2 Å². The van der Waals surface area contributed by atoms with Crippen LogP contribution in [0.3, 0.4) is 0 Å². The van der Waals surface area contributed by atoms with E-state index in [1.807, 2.05) is 0 Å². The molecule has 0 fully saturated rings. The Bertz CT molecular complexity index is 296. The summed E-state index contributed by atoms with van der Waals surface area (Å²) in [5.41, 5.74) is 6.22. The average Bonchev–Trinajstić information content (AvgIpc) is 2.07. The van der Waals surface area contributed by atoms with Gasteiger partial charge < -0.3 is 11.1 Å². The number of halogens is 1. The zero-order valence-electron chi connectivity index (χ0n) is 6.71. The molecule has 0 aliphatic carbocycles. The number of nitrogens with two attached hydrogens (primary N) is 1. The van der Waals surface area contributed by atoms with Gasteiger partial charge in [0.1, 0.15) is 0 Å². The van der Waals surface area contributed by atoms with Crippen LogP contribution < -0.4 is 11.1 Å². The summed E-state index contributed by atoms with van der Waals surface area (Å²) in [6, 6.07) is 1.61. The predicted octanol–water partition coefficient (Wildman–Crippen LogP) is 1.37. The molecular formula is C8H10FN3. The van der Waals surface area contributed by atoms with Gasteiger partial charge in [0.25, 0.3) is 0 Å². The highest BCUT2D eigenvalue weighted by Gasteiger charge is 1.99. The Hall–Kier alpha value is -1.58. The highest BCUT2D eigenvalue weighted by Crippen LogP contribution is 2.12. The molecule has 1 aromatic heterocycles. The number of aromatic nitrogens is 1. The summed E-state index contributed by atoms with van der Waals surface area (Å²) in [4.78, 5) is 3.78. The van der Waals surface area contributed by atoms with Crippen molar-refractivity contribution in [3.63, 3.8) is 0 Å². The SMILES string of the molecule is Cc1cc(N/C=C/N)c(F)cn1. The lowest BCUT2D eigenvalue weighted by molar-refractivity contribution is 0.624. The number of hydrogen-bond acceptors (Lipinski definition) is 3. The van der Waals surface area contributed by atoms with Crippen molar-refractivity contribution in [2.24, 2.45) is 5.73 Å². The van der Waals surface area contributed by atoms with Crippen LogP contribution in [0.2, 0.25) is 0 Å². The fourth-order valence-electron chi connectivity index (χ4n) is 0.792. The molecule has 0 saturated heterocycles. The van der Waals surface area contributed by atoms with Crippen LogP contribution in [0.4, 0.5) is 10.1 Å². The van der Waals surface area contributed by atoms with E-state index in [2.05, 4.69) is 10.3 Å². The minimum absolute atomic E-state index is 0.379. The second-order valence-corrected chi connectivity index (χ2v) is 2.31. The van der Waals surface area contributed by atoms with Crippen LogP contribution in [0.15, 0.2) is 24.7 Å². The number of rotatable bonds is 2. The summed E-state index contributed by atoms with van der Waals surface area (Å²) in [6.07, 6.45) is 3.93. The molecule has 0 aromatic carbocycles. The fraction of sp³-hybridized carbons (Fsp3) is 0.125. The number of aryl methyl sites for hydroxylation is 1. The molecule has 0 unspecified atom stereocenters. The molecule has 12 heavy (non-hydrogen) atoms. The summed E-state index contributed by atoms with van der Waals surface area (Å²) in [5, 5.41) is 2.68. The maximum absolute atomic E-state index is 12.9. The second-order valence-electron chi connectivity index (χ2n) is 2.31. The molecule has 0 aliphatic heterocycles.